The summed E-state index contributed by atoms with van der Waals surface area (Å²) >= 11 is 0. The fourth-order valence-electron chi connectivity index (χ4n) is 1.37. The molecule has 1 rings (SSSR count). The van der Waals surface area contributed by atoms with Crippen molar-refractivity contribution in [2.75, 3.05) is 6.61 Å². The Morgan fingerprint density at radius 3 is 2.32 bits per heavy atom. The number of benzene rings is 1. The van der Waals surface area contributed by atoms with Gasteiger partial charge >= 0.3 is 5.97 Å². The highest BCUT2D eigenvalue weighted by molar-refractivity contribution is 5.96. The third kappa shape index (κ3) is 4.39. The van der Waals surface area contributed by atoms with Crippen LogP contribution in [0, 0.1) is 5.41 Å². The Morgan fingerprint density at radius 1 is 1.21 bits per heavy atom. The van der Waals surface area contributed by atoms with Crippen LogP contribution in [0.4, 0.5) is 0 Å². The van der Waals surface area contributed by atoms with E-state index in [-0.39, 0.29) is 30.5 Å². The summed E-state index contributed by atoms with van der Waals surface area (Å²) in [6.07, 6.45) is 0.841. The molecule has 4 heteroatoms. The van der Waals surface area contributed by atoms with Gasteiger partial charge in [0.25, 0.3) is 0 Å². The van der Waals surface area contributed by atoms with Gasteiger partial charge in [0.1, 0.15) is 5.75 Å². The normalized spacial score (nSPS) is 11.1. The summed E-state index contributed by atoms with van der Waals surface area (Å²) in [7, 11) is 0. The molecule has 0 saturated carbocycles. The summed E-state index contributed by atoms with van der Waals surface area (Å²) in [6.45, 7) is 5.64. The first-order valence-electron chi connectivity index (χ1n) is 6.36. The molecule has 0 unspecified atom stereocenters. The van der Waals surface area contributed by atoms with E-state index >= 15 is 0 Å². The molecule has 0 aliphatic carbocycles. The Morgan fingerprint density at radius 2 is 1.79 bits per heavy atom. The first kappa shape index (κ1) is 15.2. The highest BCUT2D eigenvalue weighted by Crippen LogP contribution is 2.21. The minimum atomic E-state index is -0.512. The molecule has 104 valence electrons. The zero-order valence-electron chi connectivity index (χ0n) is 11.6. The number of phenolic OH excluding ortho intramolecular Hbond substituents is 1. The number of aromatic hydroxyl groups is 1. The number of esters is 1. The lowest BCUT2D eigenvalue weighted by Gasteiger charge is -2.20. The van der Waals surface area contributed by atoms with Gasteiger partial charge in [-0.2, -0.15) is 0 Å². The Kier molecular flexibility index (Phi) is 5.10. The SMILES string of the molecule is CCC(C)(C)C(=O)OCCC(=O)c1ccc(O)cc1. The van der Waals surface area contributed by atoms with Crippen LogP contribution in [0.15, 0.2) is 24.3 Å². The van der Waals surface area contributed by atoms with Crippen molar-refractivity contribution in [2.45, 2.75) is 33.6 Å². The molecule has 1 aromatic rings. The van der Waals surface area contributed by atoms with Gasteiger partial charge in [0.2, 0.25) is 0 Å². The Bertz CT molecular complexity index is 446. The molecule has 0 radical (unpaired) electrons. The lowest BCUT2D eigenvalue weighted by molar-refractivity contribution is -0.153. The first-order chi connectivity index (χ1) is 8.86. The predicted octanol–water partition coefficient (Wildman–Crippen LogP) is 2.94. The van der Waals surface area contributed by atoms with E-state index in [2.05, 4.69) is 0 Å². The molecular weight excluding hydrogens is 244 g/mol. The number of hydrogen-bond donors (Lipinski definition) is 1. The van der Waals surface area contributed by atoms with E-state index in [1.54, 1.807) is 12.1 Å². The average molecular weight is 264 g/mol. The molecule has 4 nitrogen and oxygen atoms in total. The van der Waals surface area contributed by atoms with Crippen molar-refractivity contribution in [1.82, 2.24) is 0 Å². The zero-order valence-corrected chi connectivity index (χ0v) is 11.6. The van der Waals surface area contributed by atoms with Gasteiger partial charge < -0.3 is 9.84 Å². The van der Waals surface area contributed by atoms with Gasteiger partial charge in [-0.3, -0.25) is 9.59 Å². The fourth-order valence-corrected chi connectivity index (χ4v) is 1.37. The van der Waals surface area contributed by atoms with E-state index in [4.69, 9.17) is 9.84 Å². The fraction of sp³-hybridized carbons (Fsp3) is 0.467. The smallest absolute Gasteiger partial charge is 0.311 e. The number of Topliss-reactive ketones (excluding diaryl/α,β-unsaturated/α-hetero) is 1. The van der Waals surface area contributed by atoms with E-state index in [1.807, 2.05) is 20.8 Å². The molecule has 0 fully saturated rings. The topological polar surface area (TPSA) is 63.6 Å². The largest absolute Gasteiger partial charge is 0.508 e. The lowest BCUT2D eigenvalue weighted by Crippen LogP contribution is -2.26. The van der Waals surface area contributed by atoms with Crippen LogP contribution in [0.3, 0.4) is 0 Å². The number of ketones is 1. The number of carbonyl (C=O) groups excluding carboxylic acids is 2. The van der Waals surface area contributed by atoms with E-state index in [1.165, 1.54) is 12.1 Å². The van der Waals surface area contributed by atoms with Crippen molar-refractivity contribution in [3.05, 3.63) is 29.8 Å². The number of phenols is 1. The van der Waals surface area contributed by atoms with Crippen LogP contribution in [0.25, 0.3) is 0 Å². The van der Waals surface area contributed by atoms with Gasteiger partial charge in [-0.05, 0) is 44.5 Å². The molecule has 19 heavy (non-hydrogen) atoms. The molecule has 0 heterocycles. The highest BCUT2D eigenvalue weighted by atomic mass is 16.5. The molecule has 0 spiro atoms. The van der Waals surface area contributed by atoms with Crippen molar-refractivity contribution < 1.29 is 19.4 Å². The van der Waals surface area contributed by atoms with Crippen LogP contribution in [-0.4, -0.2) is 23.5 Å². The molecular formula is C15H20O4. The standard InChI is InChI=1S/C15H20O4/c1-4-15(2,3)14(18)19-10-9-13(17)11-5-7-12(16)8-6-11/h5-8,16H,4,9-10H2,1-3H3. The average Bonchev–Trinajstić information content (AvgIpc) is 2.39. The third-order valence-corrected chi connectivity index (χ3v) is 3.19. The summed E-state index contributed by atoms with van der Waals surface area (Å²) in [4.78, 5) is 23.5. The molecule has 1 aromatic carbocycles. The molecule has 0 aliphatic rings. The van der Waals surface area contributed by atoms with Crippen molar-refractivity contribution in [3.63, 3.8) is 0 Å². The maximum absolute atomic E-state index is 11.8. The number of ether oxygens (including phenoxy) is 1. The van der Waals surface area contributed by atoms with E-state index < -0.39 is 5.41 Å². The molecule has 0 atom stereocenters. The van der Waals surface area contributed by atoms with Crippen molar-refractivity contribution in [1.29, 1.82) is 0 Å². The summed E-state index contributed by atoms with van der Waals surface area (Å²) in [5.74, 6) is -0.275. The second-order valence-electron chi connectivity index (χ2n) is 5.09. The van der Waals surface area contributed by atoms with Gasteiger partial charge in [-0.25, -0.2) is 0 Å². The zero-order chi connectivity index (χ0) is 14.5. The third-order valence-electron chi connectivity index (χ3n) is 3.19. The van der Waals surface area contributed by atoms with Crippen LogP contribution >= 0.6 is 0 Å². The monoisotopic (exact) mass is 264 g/mol. The van der Waals surface area contributed by atoms with Crippen molar-refractivity contribution >= 4 is 11.8 Å². The number of rotatable bonds is 6. The number of carbonyl (C=O) groups is 2. The summed E-state index contributed by atoms with van der Waals surface area (Å²) in [5, 5.41) is 9.12. The predicted molar refractivity (Wildman–Crippen MR) is 72.1 cm³/mol. The van der Waals surface area contributed by atoms with Gasteiger partial charge in [0, 0.05) is 12.0 Å². The first-order valence-corrected chi connectivity index (χ1v) is 6.36. The molecule has 1 N–H and O–H groups in total. The quantitative estimate of drug-likeness (QED) is 0.633. The summed E-state index contributed by atoms with van der Waals surface area (Å²) < 4.78 is 5.10. The second-order valence-corrected chi connectivity index (χ2v) is 5.09. The second kappa shape index (κ2) is 6.36. The minimum Gasteiger partial charge on any atom is -0.508 e. The highest BCUT2D eigenvalue weighted by Gasteiger charge is 2.27. The minimum absolute atomic E-state index is 0.0853. The maximum atomic E-state index is 11.8. The Labute approximate surface area is 113 Å². The van der Waals surface area contributed by atoms with Gasteiger partial charge in [-0.15, -0.1) is 0 Å². The van der Waals surface area contributed by atoms with Crippen LogP contribution in [-0.2, 0) is 9.53 Å². The van der Waals surface area contributed by atoms with E-state index in [0.717, 1.165) is 0 Å². The molecule has 0 amide bonds. The Hall–Kier alpha value is -1.84. The van der Waals surface area contributed by atoms with Crippen LogP contribution < -0.4 is 0 Å². The summed E-state index contributed by atoms with van der Waals surface area (Å²) in [6, 6.07) is 6.02. The number of hydrogen-bond acceptors (Lipinski definition) is 4. The van der Waals surface area contributed by atoms with Crippen LogP contribution in [0.1, 0.15) is 44.0 Å². The van der Waals surface area contributed by atoms with Crippen LogP contribution in [0.5, 0.6) is 5.75 Å². The lowest BCUT2D eigenvalue weighted by atomic mass is 9.91. The molecule has 0 bridgehead atoms. The van der Waals surface area contributed by atoms with Gasteiger partial charge in [0.15, 0.2) is 5.78 Å². The van der Waals surface area contributed by atoms with Crippen molar-refractivity contribution in [2.24, 2.45) is 5.41 Å². The van der Waals surface area contributed by atoms with E-state index in [9.17, 15) is 9.59 Å². The Balaban J connectivity index is 2.43. The van der Waals surface area contributed by atoms with Gasteiger partial charge in [0.05, 0.1) is 12.0 Å². The summed E-state index contributed by atoms with van der Waals surface area (Å²) in [5.41, 5.74) is -0.00898. The molecule has 0 aromatic heterocycles. The maximum Gasteiger partial charge on any atom is 0.311 e. The van der Waals surface area contributed by atoms with E-state index in [0.29, 0.717) is 12.0 Å². The van der Waals surface area contributed by atoms with Crippen LogP contribution in [0.2, 0.25) is 0 Å². The molecule has 0 aliphatic heterocycles. The van der Waals surface area contributed by atoms with Gasteiger partial charge in [-0.1, -0.05) is 6.92 Å². The van der Waals surface area contributed by atoms with Crippen molar-refractivity contribution in [3.8, 4) is 5.75 Å². The molecule has 0 saturated heterocycles.